The van der Waals surface area contributed by atoms with Crippen LogP contribution in [0.1, 0.15) is 11.1 Å². The van der Waals surface area contributed by atoms with Crippen LogP contribution in [0.5, 0.6) is 0 Å². The first-order valence-corrected chi connectivity index (χ1v) is 4.37. The zero-order valence-electron chi connectivity index (χ0n) is 7.92. The molecular formula is C10H16N2O. The first-order valence-electron chi connectivity index (χ1n) is 4.37. The maximum absolute atomic E-state index is 5.21. The molecule has 13 heavy (non-hydrogen) atoms. The van der Waals surface area contributed by atoms with E-state index in [4.69, 9.17) is 10.6 Å². The van der Waals surface area contributed by atoms with Gasteiger partial charge in [-0.05, 0) is 17.5 Å². The summed E-state index contributed by atoms with van der Waals surface area (Å²) in [5, 5.41) is 0. The Morgan fingerprint density at radius 3 is 2.38 bits per heavy atom. The lowest BCUT2D eigenvalue weighted by atomic mass is 10.1. The third kappa shape index (κ3) is 3.55. The fourth-order valence-corrected chi connectivity index (χ4v) is 1.16. The van der Waals surface area contributed by atoms with E-state index in [1.54, 1.807) is 7.11 Å². The molecule has 72 valence electrons. The van der Waals surface area contributed by atoms with Crippen LogP contribution in [0.4, 0.5) is 0 Å². The minimum Gasteiger partial charge on any atom is -0.384 e. The Kier molecular flexibility index (Phi) is 4.46. The van der Waals surface area contributed by atoms with Crippen molar-refractivity contribution in [1.82, 2.24) is 5.43 Å². The summed E-state index contributed by atoms with van der Waals surface area (Å²) in [6.45, 7) is 1.49. The van der Waals surface area contributed by atoms with Gasteiger partial charge in [0.25, 0.3) is 0 Å². The monoisotopic (exact) mass is 180 g/mol. The van der Waals surface area contributed by atoms with Crippen molar-refractivity contribution in [3.63, 3.8) is 0 Å². The Bertz CT molecular complexity index is 233. The molecule has 0 saturated heterocycles. The van der Waals surface area contributed by atoms with Crippen molar-refractivity contribution in [2.75, 3.05) is 13.7 Å². The van der Waals surface area contributed by atoms with E-state index in [0.29, 0.717) is 6.54 Å². The minimum absolute atomic E-state index is 0.713. The van der Waals surface area contributed by atoms with Crippen LogP contribution in [0.15, 0.2) is 24.3 Å². The van der Waals surface area contributed by atoms with Crippen LogP contribution in [0, 0.1) is 0 Å². The molecule has 1 aromatic rings. The number of ether oxygens (including phenoxy) is 1. The highest BCUT2D eigenvalue weighted by Crippen LogP contribution is 2.04. The van der Waals surface area contributed by atoms with Crippen molar-refractivity contribution in [2.24, 2.45) is 5.84 Å². The summed E-state index contributed by atoms with van der Waals surface area (Å²) in [7, 11) is 1.71. The number of hydrogen-bond acceptors (Lipinski definition) is 3. The van der Waals surface area contributed by atoms with Gasteiger partial charge in [-0.1, -0.05) is 24.3 Å². The fraction of sp³-hybridized carbons (Fsp3) is 0.400. The molecule has 1 rings (SSSR count). The van der Waals surface area contributed by atoms with E-state index in [1.165, 1.54) is 11.1 Å². The van der Waals surface area contributed by atoms with Crippen LogP contribution in [0.3, 0.4) is 0 Å². The van der Waals surface area contributed by atoms with Crippen molar-refractivity contribution >= 4 is 0 Å². The number of hydrogen-bond donors (Lipinski definition) is 2. The van der Waals surface area contributed by atoms with E-state index in [0.717, 1.165) is 13.0 Å². The summed E-state index contributed by atoms with van der Waals surface area (Å²) in [5.74, 6) is 5.21. The van der Waals surface area contributed by atoms with Gasteiger partial charge in [-0.25, -0.2) is 0 Å². The number of rotatable bonds is 5. The Labute approximate surface area is 78.9 Å². The summed E-state index contributed by atoms with van der Waals surface area (Å²) in [5.41, 5.74) is 5.11. The molecule has 0 heterocycles. The van der Waals surface area contributed by atoms with Crippen LogP contribution < -0.4 is 11.3 Å². The molecule has 3 N–H and O–H groups in total. The highest BCUT2D eigenvalue weighted by Gasteiger charge is 1.93. The maximum atomic E-state index is 5.21. The standard InChI is InChI=1S/C10H16N2O/c1-13-7-6-9-2-4-10(5-3-9)8-12-11/h2-5,12H,6-8,11H2,1H3. The summed E-state index contributed by atoms with van der Waals surface area (Å²) in [6.07, 6.45) is 0.965. The predicted molar refractivity (Wildman–Crippen MR) is 53.0 cm³/mol. The van der Waals surface area contributed by atoms with Gasteiger partial charge in [-0.3, -0.25) is 11.3 Å². The Hall–Kier alpha value is -0.900. The largest absolute Gasteiger partial charge is 0.384 e. The molecule has 0 aliphatic carbocycles. The lowest BCUT2D eigenvalue weighted by Gasteiger charge is -2.02. The first-order chi connectivity index (χ1) is 6.36. The lowest BCUT2D eigenvalue weighted by Crippen LogP contribution is -2.20. The third-order valence-corrected chi connectivity index (χ3v) is 1.92. The molecule has 3 nitrogen and oxygen atoms in total. The number of hydrazine groups is 1. The van der Waals surface area contributed by atoms with E-state index in [1.807, 2.05) is 0 Å². The Morgan fingerprint density at radius 2 is 1.85 bits per heavy atom. The second-order valence-corrected chi connectivity index (χ2v) is 2.94. The zero-order chi connectivity index (χ0) is 9.52. The van der Waals surface area contributed by atoms with Gasteiger partial charge < -0.3 is 4.74 Å². The Balaban J connectivity index is 2.48. The van der Waals surface area contributed by atoms with E-state index in [-0.39, 0.29) is 0 Å². The van der Waals surface area contributed by atoms with Crippen LogP contribution in [0.2, 0.25) is 0 Å². The van der Waals surface area contributed by atoms with Crippen LogP contribution in [0.25, 0.3) is 0 Å². The summed E-state index contributed by atoms with van der Waals surface area (Å²) < 4.78 is 4.99. The predicted octanol–water partition coefficient (Wildman–Crippen LogP) is 0.839. The highest BCUT2D eigenvalue weighted by atomic mass is 16.5. The van der Waals surface area contributed by atoms with Gasteiger partial charge in [0, 0.05) is 13.7 Å². The molecule has 0 unspecified atom stereocenters. The first kappa shape index (κ1) is 10.2. The van der Waals surface area contributed by atoms with Crippen molar-refractivity contribution in [1.29, 1.82) is 0 Å². The van der Waals surface area contributed by atoms with Crippen molar-refractivity contribution in [3.8, 4) is 0 Å². The summed E-state index contributed by atoms with van der Waals surface area (Å²) in [6, 6.07) is 8.35. The third-order valence-electron chi connectivity index (χ3n) is 1.92. The van der Waals surface area contributed by atoms with Gasteiger partial charge in [0.2, 0.25) is 0 Å². The molecule has 3 heteroatoms. The van der Waals surface area contributed by atoms with Gasteiger partial charge in [-0.15, -0.1) is 0 Å². The molecule has 0 atom stereocenters. The van der Waals surface area contributed by atoms with Gasteiger partial charge in [0.1, 0.15) is 0 Å². The molecule has 0 radical (unpaired) electrons. The molecule has 1 aromatic carbocycles. The fourth-order valence-electron chi connectivity index (χ4n) is 1.16. The van der Waals surface area contributed by atoms with Crippen LogP contribution >= 0.6 is 0 Å². The van der Waals surface area contributed by atoms with Crippen LogP contribution in [-0.2, 0) is 17.7 Å². The number of nitrogens with one attached hydrogen (secondary N) is 1. The molecule has 0 saturated carbocycles. The second kappa shape index (κ2) is 5.70. The number of nitrogens with two attached hydrogens (primary N) is 1. The lowest BCUT2D eigenvalue weighted by molar-refractivity contribution is 0.202. The topological polar surface area (TPSA) is 47.3 Å². The molecule has 0 aliphatic heterocycles. The van der Waals surface area contributed by atoms with E-state index in [2.05, 4.69) is 29.7 Å². The molecule has 0 amide bonds. The van der Waals surface area contributed by atoms with E-state index in [9.17, 15) is 0 Å². The molecule has 0 aromatic heterocycles. The summed E-state index contributed by atoms with van der Waals surface area (Å²) >= 11 is 0. The quantitative estimate of drug-likeness (QED) is 0.521. The van der Waals surface area contributed by atoms with E-state index < -0.39 is 0 Å². The van der Waals surface area contributed by atoms with Crippen LogP contribution in [-0.4, -0.2) is 13.7 Å². The normalized spacial score (nSPS) is 10.3. The number of benzene rings is 1. The molecule has 0 aliphatic rings. The number of methoxy groups -OCH3 is 1. The van der Waals surface area contributed by atoms with Gasteiger partial charge in [0.15, 0.2) is 0 Å². The zero-order valence-corrected chi connectivity index (χ0v) is 7.92. The van der Waals surface area contributed by atoms with Gasteiger partial charge in [0.05, 0.1) is 6.61 Å². The smallest absolute Gasteiger partial charge is 0.0502 e. The molecule has 0 fully saturated rings. The van der Waals surface area contributed by atoms with Crippen molar-refractivity contribution in [2.45, 2.75) is 13.0 Å². The van der Waals surface area contributed by atoms with Gasteiger partial charge in [-0.2, -0.15) is 0 Å². The minimum atomic E-state index is 0.713. The molecule has 0 bridgehead atoms. The second-order valence-electron chi connectivity index (χ2n) is 2.94. The SMILES string of the molecule is COCCc1ccc(CNN)cc1. The Morgan fingerprint density at radius 1 is 1.23 bits per heavy atom. The highest BCUT2D eigenvalue weighted by molar-refractivity contribution is 5.22. The van der Waals surface area contributed by atoms with E-state index >= 15 is 0 Å². The maximum Gasteiger partial charge on any atom is 0.0502 e. The van der Waals surface area contributed by atoms with Gasteiger partial charge >= 0.3 is 0 Å². The van der Waals surface area contributed by atoms with Crippen molar-refractivity contribution in [3.05, 3.63) is 35.4 Å². The molecular weight excluding hydrogens is 164 g/mol. The molecule has 0 spiro atoms. The summed E-state index contributed by atoms with van der Waals surface area (Å²) in [4.78, 5) is 0. The average molecular weight is 180 g/mol. The average Bonchev–Trinajstić information content (AvgIpc) is 2.17. The van der Waals surface area contributed by atoms with Crippen molar-refractivity contribution < 1.29 is 4.74 Å².